The second kappa shape index (κ2) is 8.44. The zero-order valence-electron chi connectivity index (χ0n) is 15.4. The van der Waals surface area contributed by atoms with Crippen LogP contribution < -0.4 is 10.2 Å². The highest BCUT2D eigenvalue weighted by Crippen LogP contribution is 2.21. The van der Waals surface area contributed by atoms with Gasteiger partial charge in [0.1, 0.15) is 0 Å². The first-order valence-corrected chi connectivity index (χ1v) is 8.50. The summed E-state index contributed by atoms with van der Waals surface area (Å²) in [6.45, 7) is 2.03. The molecule has 0 amide bonds. The Bertz CT molecular complexity index is 828. The molecule has 1 aromatic carbocycles. The molecule has 0 radical (unpaired) electrons. The van der Waals surface area contributed by atoms with E-state index in [0.29, 0.717) is 19.1 Å². The lowest BCUT2D eigenvalue weighted by Crippen LogP contribution is -2.11. The minimum absolute atomic E-state index is 0.596. The van der Waals surface area contributed by atoms with E-state index in [1.165, 1.54) is 0 Å². The highest BCUT2D eigenvalue weighted by Gasteiger charge is 2.06. The molecular formula is C19H24N6O. The molecule has 0 fully saturated rings. The molecule has 2 heterocycles. The van der Waals surface area contributed by atoms with E-state index in [1.807, 2.05) is 26.4 Å². The van der Waals surface area contributed by atoms with Crippen LogP contribution in [0.15, 0.2) is 49.1 Å². The third-order valence-electron chi connectivity index (χ3n) is 4.10. The number of ether oxygens (including phenoxy) is 1. The topological polar surface area (TPSA) is 68.1 Å². The van der Waals surface area contributed by atoms with Crippen LogP contribution in [-0.2, 0) is 17.8 Å². The van der Waals surface area contributed by atoms with Crippen LogP contribution in [-0.4, -0.2) is 47.3 Å². The van der Waals surface area contributed by atoms with Crippen molar-refractivity contribution in [2.45, 2.75) is 13.1 Å². The monoisotopic (exact) mass is 352 g/mol. The maximum Gasteiger partial charge on any atom is 0.223 e. The quantitative estimate of drug-likeness (QED) is 0.672. The van der Waals surface area contributed by atoms with Crippen molar-refractivity contribution in [1.82, 2.24) is 19.5 Å². The van der Waals surface area contributed by atoms with E-state index in [1.54, 1.807) is 19.6 Å². The van der Waals surface area contributed by atoms with Gasteiger partial charge in [-0.15, -0.1) is 0 Å². The van der Waals surface area contributed by atoms with Crippen molar-refractivity contribution in [3.8, 4) is 11.3 Å². The lowest BCUT2D eigenvalue weighted by Gasteiger charge is -2.13. The van der Waals surface area contributed by atoms with E-state index in [0.717, 1.165) is 29.2 Å². The highest BCUT2D eigenvalue weighted by molar-refractivity contribution is 5.63. The number of benzene rings is 1. The number of nitrogens with zero attached hydrogens (tertiary/aromatic N) is 5. The molecule has 3 rings (SSSR count). The molecular weight excluding hydrogens is 328 g/mol. The Labute approximate surface area is 153 Å². The summed E-state index contributed by atoms with van der Waals surface area (Å²) in [6.07, 6.45) is 5.42. The molecule has 0 spiro atoms. The van der Waals surface area contributed by atoms with E-state index in [2.05, 4.69) is 54.0 Å². The first-order chi connectivity index (χ1) is 12.7. The summed E-state index contributed by atoms with van der Waals surface area (Å²) >= 11 is 0. The van der Waals surface area contributed by atoms with Gasteiger partial charge < -0.3 is 19.5 Å². The van der Waals surface area contributed by atoms with Gasteiger partial charge in [0.25, 0.3) is 0 Å². The van der Waals surface area contributed by atoms with Crippen molar-refractivity contribution in [2.75, 3.05) is 38.0 Å². The lowest BCUT2D eigenvalue weighted by molar-refractivity contribution is 0.186. The highest BCUT2D eigenvalue weighted by atomic mass is 16.5. The van der Waals surface area contributed by atoms with Crippen LogP contribution >= 0.6 is 0 Å². The Kier molecular flexibility index (Phi) is 5.80. The Morgan fingerprint density at radius 2 is 1.96 bits per heavy atom. The van der Waals surface area contributed by atoms with Crippen molar-refractivity contribution in [3.05, 3.63) is 54.7 Å². The molecule has 7 nitrogen and oxygen atoms in total. The molecule has 2 aromatic heterocycles. The zero-order chi connectivity index (χ0) is 18.4. The Hall–Kier alpha value is -2.93. The Morgan fingerprint density at radius 1 is 1.15 bits per heavy atom. The fourth-order valence-electron chi connectivity index (χ4n) is 2.59. The molecule has 0 aliphatic carbocycles. The third kappa shape index (κ3) is 4.37. The Balaban J connectivity index is 1.69. The van der Waals surface area contributed by atoms with Gasteiger partial charge in [-0.2, -0.15) is 0 Å². The number of hydrogen-bond donors (Lipinski definition) is 1. The van der Waals surface area contributed by atoms with Gasteiger partial charge >= 0.3 is 0 Å². The van der Waals surface area contributed by atoms with Crippen molar-refractivity contribution < 1.29 is 4.74 Å². The first kappa shape index (κ1) is 17.9. The number of methoxy groups -OCH3 is 1. The largest absolute Gasteiger partial charge is 0.383 e. The van der Waals surface area contributed by atoms with Gasteiger partial charge in [-0.05, 0) is 18.2 Å². The molecule has 0 bridgehead atoms. The lowest BCUT2D eigenvalue weighted by atomic mass is 10.1. The first-order valence-electron chi connectivity index (χ1n) is 8.50. The fourth-order valence-corrected chi connectivity index (χ4v) is 2.59. The molecule has 0 aliphatic heterocycles. The fraction of sp³-hybridized carbons (Fsp3) is 0.316. The van der Waals surface area contributed by atoms with Crippen LogP contribution in [0.2, 0.25) is 0 Å². The molecule has 1 N–H and O–H groups in total. The second-order valence-corrected chi connectivity index (χ2v) is 6.13. The minimum Gasteiger partial charge on any atom is -0.383 e. The number of nitrogens with one attached hydrogen (secondary N) is 1. The second-order valence-electron chi connectivity index (χ2n) is 6.13. The van der Waals surface area contributed by atoms with Crippen LogP contribution in [0.3, 0.4) is 0 Å². The summed E-state index contributed by atoms with van der Waals surface area (Å²) in [6, 6.07) is 10.2. The summed E-state index contributed by atoms with van der Waals surface area (Å²) in [5.41, 5.74) is 4.17. The van der Waals surface area contributed by atoms with Crippen molar-refractivity contribution in [3.63, 3.8) is 0 Å². The number of hydrogen-bond acceptors (Lipinski definition) is 6. The third-order valence-corrected chi connectivity index (χ3v) is 4.10. The van der Waals surface area contributed by atoms with Crippen molar-refractivity contribution in [1.29, 1.82) is 0 Å². The van der Waals surface area contributed by atoms with E-state index in [-0.39, 0.29) is 0 Å². The van der Waals surface area contributed by atoms with E-state index in [4.69, 9.17) is 4.74 Å². The predicted molar refractivity (Wildman–Crippen MR) is 103 cm³/mol. The van der Waals surface area contributed by atoms with E-state index >= 15 is 0 Å². The Morgan fingerprint density at radius 3 is 2.69 bits per heavy atom. The number of rotatable bonds is 8. The molecule has 0 saturated heterocycles. The van der Waals surface area contributed by atoms with Crippen molar-refractivity contribution >= 4 is 11.6 Å². The van der Waals surface area contributed by atoms with Crippen LogP contribution in [0.4, 0.5) is 11.6 Å². The summed E-state index contributed by atoms with van der Waals surface area (Å²) in [7, 11) is 5.75. The normalized spacial score (nSPS) is 10.7. The van der Waals surface area contributed by atoms with Crippen molar-refractivity contribution in [2.24, 2.45) is 0 Å². The molecule has 0 atom stereocenters. The van der Waals surface area contributed by atoms with Gasteiger partial charge in [0.15, 0.2) is 0 Å². The van der Waals surface area contributed by atoms with Gasteiger partial charge in [0, 0.05) is 51.4 Å². The predicted octanol–water partition coefficient (Wildman–Crippen LogP) is 2.66. The summed E-state index contributed by atoms with van der Waals surface area (Å²) < 4.78 is 7.18. The molecule has 0 aliphatic rings. The molecule has 3 aromatic rings. The zero-order valence-corrected chi connectivity index (χ0v) is 15.4. The van der Waals surface area contributed by atoms with Gasteiger partial charge in [0.2, 0.25) is 5.95 Å². The summed E-state index contributed by atoms with van der Waals surface area (Å²) in [5.74, 6) is 0.596. The maximum atomic E-state index is 5.12. The van der Waals surface area contributed by atoms with Gasteiger partial charge in [-0.1, -0.05) is 12.1 Å². The number of imidazole rings is 1. The van der Waals surface area contributed by atoms with E-state index < -0.39 is 0 Å². The number of anilines is 2. The van der Waals surface area contributed by atoms with Gasteiger partial charge in [-0.3, -0.25) is 0 Å². The summed E-state index contributed by atoms with van der Waals surface area (Å²) in [4.78, 5) is 15.2. The smallest absolute Gasteiger partial charge is 0.223 e. The van der Waals surface area contributed by atoms with Gasteiger partial charge in [0.05, 0.1) is 30.9 Å². The average Bonchev–Trinajstić information content (AvgIpc) is 3.12. The molecule has 0 saturated carbocycles. The molecule has 26 heavy (non-hydrogen) atoms. The molecule has 136 valence electrons. The van der Waals surface area contributed by atoms with Crippen LogP contribution in [0.25, 0.3) is 11.3 Å². The van der Waals surface area contributed by atoms with E-state index in [9.17, 15) is 0 Å². The number of aromatic nitrogens is 4. The van der Waals surface area contributed by atoms with Gasteiger partial charge in [-0.25, -0.2) is 15.0 Å². The minimum atomic E-state index is 0.596. The maximum absolute atomic E-state index is 5.12. The molecule has 7 heteroatoms. The average molecular weight is 352 g/mol. The summed E-state index contributed by atoms with van der Waals surface area (Å²) in [5, 5.41) is 3.27. The van der Waals surface area contributed by atoms with Crippen LogP contribution in [0.5, 0.6) is 0 Å². The molecule has 0 unspecified atom stereocenters. The van der Waals surface area contributed by atoms with Crippen LogP contribution in [0, 0.1) is 0 Å². The van der Waals surface area contributed by atoms with Crippen LogP contribution in [0.1, 0.15) is 5.69 Å². The standard InChI is InChI=1S/C19H24N6O/c1-24(2)16-6-4-15(5-7-16)18-8-9-21-19(23-18)22-13-17-12-20-14-25(17)10-11-26-3/h4-9,12,14H,10-11,13H2,1-3H3,(H,21,22,23). The SMILES string of the molecule is COCCn1cncc1CNc1nccc(-c2ccc(N(C)C)cc2)n1.